The molecule has 0 fully saturated rings. The van der Waals surface area contributed by atoms with Gasteiger partial charge >= 0.3 is 6.03 Å². The average Bonchev–Trinajstić information content (AvgIpc) is 2.47. The fraction of sp³-hybridized carbons (Fsp3) is 0. The summed E-state index contributed by atoms with van der Waals surface area (Å²) in [6.45, 7) is 0. The first-order chi connectivity index (χ1) is 5.79. The second-order valence-corrected chi connectivity index (χ2v) is 2.38. The third-order valence-electron chi connectivity index (χ3n) is 1.62. The quantitative estimate of drug-likeness (QED) is 0.688. The Labute approximate surface area is 80.7 Å². The predicted molar refractivity (Wildman–Crippen MR) is 50.8 cm³/mol. The predicted octanol–water partition coefficient (Wildman–Crippen LogP) is 1.19. The molecule has 5 heteroatoms. The normalized spacial score (nSPS) is 9.54. The number of nitrogens with zero attached hydrogens (tertiary/aromatic N) is 2. The lowest BCUT2D eigenvalue weighted by Gasteiger charge is -1.94. The molecule has 1 amide bonds. The van der Waals surface area contributed by atoms with Gasteiger partial charge < -0.3 is 5.73 Å². The molecule has 2 rings (SSSR count). The van der Waals surface area contributed by atoms with Gasteiger partial charge in [-0.2, -0.15) is 9.78 Å². The molecule has 1 heterocycles. The van der Waals surface area contributed by atoms with Crippen LogP contribution in [0.4, 0.5) is 4.79 Å². The number of benzene rings is 1. The number of aromatic nitrogens is 2. The summed E-state index contributed by atoms with van der Waals surface area (Å²) in [5.41, 5.74) is 5.76. The van der Waals surface area contributed by atoms with E-state index in [0.717, 1.165) is 10.1 Å². The van der Waals surface area contributed by atoms with Crippen molar-refractivity contribution in [2.75, 3.05) is 0 Å². The van der Waals surface area contributed by atoms with E-state index in [1.54, 1.807) is 18.3 Å². The van der Waals surface area contributed by atoms with E-state index in [1.165, 1.54) is 0 Å². The van der Waals surface area contributed by atoms with E-state index in [2.05, 4.69) is 11.2 Å². The van der Waals surface area contributed by atoms with Crippen LogP contribution in [0.5, 0.6) is 0 Å². The number of nitrogens with two attached hydrogens (primary N) is 1. The first-order valence-electron chi connectivity index (χ1n) is 3.42. The van der Waals surface area contributed by atoms with Crippen LogP contribution in [0.3, 0.4) is 0 Å². The Morgan fingerprint density at radius 1 is 1.62 bits per heavy atom. The molecule has 13 heavy (non-hydrogen) atoms. The summed E-state index contributed by atoms with van der Waals surface area (Å²) in [5.74, 6) is 0. The number of hydrogen-bond acceptors (Lipinski definition) is 2. The number of fused-ring (bicyclic) bond motifs is 1. The highest BCUT2D eigenvalue weighted by atomic mass is 35.5. The maximum Gasteiger partial charge on any atom is 0.340 e. The van der Waals surface area contributed by atoms with Crippen molar-refractivity contribution in [2.45, 2.75) is 0 Å². The van der Waals surface area contributed by atoms with Crippen molar-refractivity contribution >= 4 is 29.3 Å². The maximum atomic E-state index is 10.8. The zero-order valence-electron chi connectivity index (χ0n) is 6.60. The first-order valence-corrected chi connectivity index (χ1v) is 3.42. The van der Waals surface area contributed by atoms with Crippen molar-refractivity contribution in [2.24, 2.45) is 5.73 Å². The molecule has 4 nitrogen and oxygen atoms in total. The van der Waals surface area contributed by atoms with Gasteiger partial charge in [-0.1, -0.05) is 12.1 Å². The highest BCUT2D eigenvalue weighted by molar-refractivity contribution is 5.88. The Bertz CT molecular complexity index is 438. The highest BCUT2D eigenvalue weighted by Gasteiger charge is 2.04. The van der Waals surface area contributed by atoms with Gasteiger partial charge in [-0.15, -0.1) is 12.4 Å². The van der Waals surface area contributed by atoms with Gasteiger partial charge in [0.05, 0.1) is 11.7 Å². The Morgan fingerprint density at radius 3 is 3.08 bits per heavy atom. The molecule has 67 valence electrons. The lowest BCUT2D eigenvalue weighted by molar-refractivity contribution is 0.248. The van der Waals surface area contributed by atoms with Crippen LogP contribution in [0.25, 0.3) is 10.9 Å². The smallest absolute Gasteiger partial charge is 0.340 e. The second-order valence-electron chi connectivity index (χ2n) is 2.38. The van der Waals surface area contributed by atoms with E-state index >= 15 is 0 Å². The first kappa shape index (κ1) is 9.54. The lowest BCUT2D eigenvalue weighted by Crippen LogP contribution is -2.20. The molecular formula is C8H7ClN3O. The molecule has 0 spiro atoms. The van der Waals surface area contributed by atoms with Crippen LogP contribution in [-0.4, -0.2) is 15.8 Å². The van der Waals surface area contributed by atoms with Crippen molar-refractivity contribution in [3.8, 4) is 0 Å². The van der Waals surface area contributed by atoms with Crippen LogP contribution in [-0.2, 0) is 0 Å². The van der Waals surface area contributed by atoms with Crippen LogP contribution in [0.1, 0.15) is 0 Å². The third kappa shape index (κ3) is 1.48. The largest absolute Gasteiger partial charge is 0.350 e. The fourth-order valence-corrected chi connectivity index (χ4v) is 1.08. The van der Waals surface area contributed by atoms with E-state index in [-0.39, 0.29) is 12.4 Å². The summed E-state index contributed by atoms with van der Waals surface area (Å²) in [6.07, 6.45) is 1.59. The maximum absolute atomic E-state index is 10.8. The Morgan fingerprint density at radius 2 is 2.38 bits per heavy atom. The van der Waals surface area contributed by atoms with Gasteiger partial charge in [-0.3, -0.25) is 0 Å². The molecule has 0 unspecified atom stereocenters. The average molecular weight is 197 g/mol. The van der Waals surface area contributed by atoms with Gasteiger partial charge in [-0.05, 0) is 12.1 Å². The van der Waals surface area contributed by atoms with Crippen molar-refractivity contribution in [1.29, 1.82) is 0 Å². The van der Waals surface area contributed by atoms with Crippen LogP contribution in [0, 0.1) is 6.07 Å². The van der Waals surface area contributed by atoms with Gasteiger partial charge in [0.1, 0.15) is 0 Å². The van der Waals surface area contributed by atoms with E-state index in [9.17, 15) is 4.79 Å². The molecular weight excluding hydrogens is 190 g/mol. The molecule has 1 aromatic carbocycles. The summed E-state index contributed by atoms with van der Waals surface area (Å²) in [6, 6.07) is 7.52. The number of carbonyl (C=O) groups is 1. The van der Waals surface area contributed by atoms with Crippen molar-refractivity contribution in [3.05, 3.63) is 30.5 Å². The molecule has 1 radical (unpaired) electrons. The minimum Gasteiger partial charge on any atom is -0.350 e. The monoisotopic (exact) mass is 196 g/mol. The standard InChI is InChI=1S/C8H6N3O.ClH/c9-8(12)11-7-4-2-1-3-6(7)5-10-11;/h1,3-5H,(H2,9,12);1H. The van der Waals surface area contributed by atoms with Gasteiger partial charge in [-0.25, -0.2) is 4.79 Å². The van der Waals surface area contributed by atoms with Gasteiger partial charge in [0.15, 0.2) is 0 Å². The molecule has 2 N–H and O–H groups in total. The summed E-state index contributed by atoms with van der Waals surface area (Å²) in [5, 5.41) is 4.70. The number of amides is 1. The molecule has 0 saturated carbocycles. The molecule has 0 aliphatic heterocycles. The topological polar surface area (TPSA) is 60.9 Å². The Balaban J connectivity index is 0.000000845. The van der Waals surface area contributed by atoms with Gasteiger partial charge in [0, 0.05) is 5.39 Å². The van der Waals surface area contributed by atoms with Crippen molar-refractivity contribution < 1.29 is 4.79 Å². The minimum absolute atomic E-state index is 0. The van der Waals surface area contributed by atoms with Crippen LogP contribution >= 0.6 is 12.4 Å². The molecule has 2 aromatic rings. The lowest BCUT2D eigenvalue weighted by atomic mass is 10.3. The number of halogens is 1. The number of carbonyl (C=O) groups excluding carboxylic acids is 1. The zero-order valence-corrected chi connectivity index (χ0v) is 7.41. The van der Waals surface area contributed by atoms with E-state index < -0.39 is 6.03 Å². The molecule has 0 saturated heterocycles. The highest BCUT2D eigenvalue weighted by Crippen LogP contribution is 2.10. The van der Waals surface area contributed by atoms with Gasteiger partial charge in [0.25, 0.3) is 0 Å². The Hall–Kier alpha value is -1.55. The summed E-state index contributed by atoms with van der Waals surface area (Å²) in [4.78, 5) is 10.8. The number of hydrogen-bond donors (Lipinski definition) is 1. The van der Waals surface area contributed by atoms with Crippen LogP contribution in [0.2, 0.25) is 0 Å². The summed E-state index contributed by atoms with van der Waals surface area (Å²) >= 11 is 0. The van der Waals surface area contributed by atoms with Crippen LogP contribution in [0.15, 0.2) is 24.4 Å². The van der Waals surface area contributed by atoms with Gasteiger partial charge in [0.2, 0.25) is 0 Å². The van der Waals surface area contributed by atoms with E-state index in [4.69, 9.17) is 5.73 Å². The van der Waals surface area contributed by atoms with E-state index in [1.807, 2.05) is 6.07 Å². The SMILES string of the molecule is Cl.NC(=O)n1ncc2cc[c]cc21. The number of primary amides is 1. The minimum atomic E-state index is -0.579. The third-order valence-corrected chi connectivity index (χ3v) is 1.62. The molecule has 0 bridgehead atoms. The van der Waals surface area contributed by atoms with Crippen molar-refractivity contribution in [1.82, 2.24) is 9.78 Å². The molecule has 0 aliphatic carbocycles. The second kappa shape index (κ2) is 3.45. The Kier molecular flexibility index (Phi) is 2.53. The van der Waals surface area contributed by atoms with Crippen molar-refractivity contribution in [3.63, 3.8) is 0 Å². The molecule has 1 aromatic heterocycles. The summed E-state index contributed by atoms with van der Waals surface area (Å²) in [7, 11) is 0. The number of rotatable bonds is 0. The van der Waals surface area contributed by atoms with E-state index in [0.29, 0.717) is 5.52 Å². The molecule has 0 atom stereocenters. The molecule has 0 aliphatic rings. The zero-order chi connectivity index (χ0) is 8.55. The van der Waals surface area contributed by atoms with Crippen LogP contribution < -0.4 is 5.73 Å². The fourth-order valence-electron chi connectivity index (χ4n) is 1.08. The summed E-state index contributed by atoms with van der Waals surface area (Å²) < 4.78 is 1.14.